The average molecular weight is 288 g/mol. The first-order valence-corrected chi connectivity index (χ1v) is 6.58. The molecule has 110 valence electrons. The van der Waals surface area contributed by atoms with E-state index >= 15 is 0 Å². The van der Waals surface area contributed by atoms with Crippen LogP contribution in [-0.4, -0.2) is 19.2 Å². The van der Waals surface area contributed by atoms with Gasteiger partial charge in [-0.1, -0.05) is 24.8 Å². The summed E-state index contributed by atoms with van der Waals surface area (Å²) in [6.07, 6.45) is 1.58. The molecular weight excluding hydrogens is 272 g/mol. The Hall–Kier alpha value is -2.56. The van der Waals surface area contributed by atoms with Gasteiger partial charge in [-0.2, -0.15) is 0 Å². The van der Waals surface area contributed by atoms with Crippen LogP contribution in [0.4, 0.5) is 0 Å². The highest BCUT2D eigenvalue weighted by molar-refractivity contribution is 5.82. The maximum absolute atomic E-state index is 11.9. The highest BCUT2D eigenvalue weighted by Gasteiger charge is 2.12. The number of para-hydroxylation sites is 1. The van der Waals surface area contributed by atoms with Crippen LogP contribution in [0.3, 0.4) is 0 Å². The smallest absolute Gasteiger partial charge is 0.379 e. The van der Waals surface area contributed by atoms with E-state index in [4.69, 9.17) is 13.9 Å². The first-order valence-electron chi connectivity index (χ1n) is 6.58. The molecule has 0 amide bonds. The Morgan fingerprint density at radius 1 is 1.33 bits per heavy atom. The number of hydrogen-bond donors (Lipinski definition) is 0. The summed E-state index contributed by atoms with van der Waals surface area (Å²) in [5.41, 5.74) is 0.770. The molecule has 0 atom stereocenters. The fourth-order valence-corrected chi connectivity index (χ4v) is 1.92. The number of ether oxygens (including phenoxy) is 2. The minimum atomic E-state index is -0.505. The van der Waals surface area contributed by atoms with Crippen LogP contribution < -0.4 is 10.4 Å². The molecule has 0 aliphatic heterocycles. The molecule has 1 heterocycles. The third-order valence-electron chi connectivity index (χ3n) is 2.97. The normalized spacial score (nSPS) is 10.3. The van der Waals surface area contributed by atoms with Crippen molar-refractivity contribution >= 4 is 16.9 Å². The van der Waals surface area contributed by atoms with Gasteiger partial charge in [-0.15, -0.1) is 0 Å². The number of carbonyl (C=O) groups is 1. The number of rotatable bonds is 6. The molecule has 2 rings (SSSR count). The van der Waals surface area contributed by atoms with E-state index in [-0.39, 0.29) is 19.0 Å². The Morgan fingerprint density at radius 3 is 2.86 bits per heavy atom. The quantitative estimate of drug-likeness (QED) is 0.354. The molecule has 0 N–H and O–H groups in total. The van der Waals surface area contributed by atoms with E-state index in [9.17, 15) is 9.59 Å². The average Bonchev–Trinajstić information content (AvgIpc) is 2.49. The van der Waals surface area contributed by atoms with Gasteiger partial charge in [0.25, 0.3) is 0 Å². The highest BCUT2D eigenvalue weighted by Crippen LogP contribution is 2.23. The molecule has 0 radical (unpaired) electrons. The van der Waals surface area contributed by atoms with Gasteiger partial charge in [0.05, 0.1) is 13.2 Å². The maximum Gasteiger partial charge on any atom is 0.379 e. The third-order valence-corrected chi connectivity index (χ3v) is 2.97. The number of benzene rings is 1. The molecule has 0 spiro atoms. The van der Waals surface area contributed by atoms with Crippen molar-refractivity contribution in [1.29, 1.82) is 0 Å². The van der Waals surface area contributed by atoms with Crippen molar-refractivity contribution in [2.75, 3.05) is 13.2 Å². The fourth-order valence-electron chi connectivity index (χ4n) is 1.92. The van der Waals surface area contributed by atoms with Gasteiger partial charge in [0.1, 0.15) is 5.58 Å². The molecule has 5 nitrogen and oxygen atoms in total. The molecule has 1 aromatic heterocycles. The zero-order chi connectivity index (χ0) is 15.2. The van der Waals surface area contributed by atoms with E-state index in [2.05, 4.69) is 6.58 Å². The lowest BCUT2D eigenvalue weighted by molar-refractivity contribution is -0.137. The fraction of sp³-hybridized carbons (Fsp3) is 0.250. The second-order valence-electron chi connectivity index (χ2n) is 4.41. The summed E-state index contributed by atoms with van der Waals surface area (Å²) in [6, 6.07) is 7.28. The maximum atomic E-state index is 11.9. The van der Waals surface area contributed by atoms with E-state index in [0.717, 1.165) is 17.0 Å². The van der Waals surface area contributed by atoms with E-state index in [0.29, 0.717) is 12.0 Å². The van der Waals surface area contributed by atoms with Gasteiger partial charge in [-0.3, -0.25) is 0 Å². The Balaban J connectivity index is 2.04. The Kier molecular flexibility index (Phi) is 4.77. The summed E-state index contributed by atoms with van der Waals surface area (Å²) in [5.74, 6) is -0.278. The summed E-state index contributed by atoms with van der Waals surface area (Å²) < 4.78 is 15.5. The lowest BCUT2D eigenvalue weighted by Gasteiger charge is -2.09. The lowest BCUT2D eigenvalue weighted by Crippen LogP contribution is -2.12. The SMILES string of the molecule is C=CC(=O)OCCCOc1c(C)c2ccccc2oc1=O. The van der Waals surface area contributed by atoms with Gasteiger partial charge >= 0.3 is 11.6 Å². The van der Waals surface area contributed by atoms with Crippen LogP contribution in [0.5, 0.6) is 5.75 Å². The number of carbonyl (C=O) groups excluding carboxylic acids is 1. The molecule has 21 heavy (non-hydrogen) atoms. The van der Waals surface area contributed by atoms with Crippen molar-refractivity contribution in [3.63, 3.8) is 0 Å². The van der Waals surface area contributed by atoms with E-state index in [1.165, 1.54) is 0 Å². The topological polar surface area (TPSA) is 65.7 Å². The molecule has 0 aliphatic carbocycles. The zero-order valence-electron chi connectivity index (χ0n) is 11.8. The third kappa shape index (κ3) is 3.51. The monoisotopic (exact) mass is 288 g/mol. The van der Waals surface area contributed by atoms with E-state index in [1.807, 2.05) is 19.1 Å². The molecule has 0 saturated heterocycles. The zero-order valence-corrected chi connectivity index (χ0v) is 11.8. The van der Waals surface area contributed by atoms with Crippen molar-refractivity contribution in [2.45, 2.75) is 13.3 Å². The van der Waals surface area contributed by atoms with Gasteiger partial charge in [0.15, 0.2) is 0 Å². The van der Waals surface area contributed by atoms with Crippen molar-refractivity contribution in [3.05, 3.63) is 52.9 Å². The van der Waals surface area contributed by atoms with Crippen molar-refractivity contribution in [3.8, 4) is 5.75 Å². The standard InChI is InChI=1S/C16H16O5/c1-3-14(17)19-9-6-10-20-15-11(2)12-7-4-5-8-13(12)21-16(15)18/h3-5,7-8H,1,6,9-10H2,2H3. The largest absolute Gasteiger partial charge is 0.486 e. The van der Waals surface area contributed by atoms with Crippen LogP contribution in [-0.2, 0) is 9.53 Å². The van der Waals surface area contributed by atoms with Crippen LogP contribution in [0.1, 0.15) is 12.0 Å². The van der Waals surface area contributed by atoms with Crippen LogP contribution in [0.2, 0.25) is 0 Å². The number of hydrogen-bond acceptors (Lipinski definition) is 5. The van der Waals surface area contributed by atoms with Crippen LogP contribution in [0.25, 0.3) is 11.0 Å². The first kappa shape index (κ1) is 14.8. The number of aryl methyl sites for hydroxylation is 1. The van der Waals surface area contributed by atoms with Crippen molar-refractivity contribution < 1.29 is 18.7 Å². The Bertz CT molecular complexity index is 714. The molecular formula is C16H16O5. The van der Waals surface area contributed by atoms with Gasteiger partial charge in [0, 0.05) is 23.4 Å². The number of esters is 1. The molecule has 0 bridgehead atoms. The van der Waals surface area contributed by atoms with Crippen LogP contribution >= 0.6 is 0 Å². The molecule has 0 saturated carbocycles. The molecule has 0 fully saturated rings. The van der Waals surface area contributed by atoms with Crippen LogP contribution in [0, 0.1) is 6.92 Å². The second kappa shape index (κ2) is 6.74. The predicted octanol–water partition coefficient (Wildman–Crippen LogP) is 2.60. The number of fused-ring (bicyclic) bond motifs is 1. The highest BCUT2D eigenvalue weighted by atomic mass is 16.5. The lowest BCUT2D eigenvalue weighted by atomic mass is 10.1. The van der Waals surface area contributed by atoms with E-state index < -0.39 is 11.6 Å². The molecule has 0 aliphatic rings. The van der Waals surface area contributed by atoms with E-state index in [1.54, 1.807) is 12.1 Å². The van der Waals surface area contributed by atoms with Crippen LogP contribution in [0.15, 0.2) is 46.1 Å². The predicted molar refractivity (Wildman–Crippen MR) is 78.5 cm³/mol. The first-order chi connectivity index (χ1) is 10.1. The van der Waals surface area contributed by atoms with Crippen molar-refractivity contribution in [1.82, 2.24) is 0 Å². The van der Waals surface area contributed by atoms with Gasteiger partial charge < -0.3 is 13.9 Å². The summed E-state index contributed by atoms with van der Waals surface area (Å²) in [5, 5.41) is 0.838. The molecule has 0 unspecified atom stereocenters. The Labute approximate surface area is 121 Å². The summed E-state index contributed by atoms with van der Waals surface area (Å²) in [6.45, 7) is 5.58. The van der Waals surface area contributed by atoms with Gasteiger partial charge in [-0.25, -0.2) is 9.59 Å². The van der Waals surface area contributed by atoms with Crippen molar-refractivity contribution in [2.24, 2.45) is 0 Å². The molecule has 1 aromatic carbocycles. The molecule has 5 heteroatoms. The summed E-state index contributed by atoms with van der Waals surface area (Å²) in [4.78, 5) is 22.7. The van der Waals surface area contributed by atoms with Gasteiger partial charge in [-0.05, 0) is 13.0 Å². The molecule has 2 aromatic rings. The Morgan fingerprint density at radius 2 is 2.10 bits per heavy atom. The minimum Gasteiger partial charge on any atom is -0.486 e. The summed E-state index contributed by atoms with van der Waals surface area (Å²) >= 11 is 0. The van der Waals surface area contributed by atoms with Gasteiger partial charge in [0.2, 0.25) is 5.75 Å². The minimum absolute atomic E-state index is 0.198. The second-order valence-corrected chi connectivity index (χ2v) is 4.41. The summed E-state index contributed by atoms with van der Waals surface area (Å²) in [7, 11) is 0.